The standard InChI is InChI=1S/C22H23N3O3S2/c1-12(2)14-5-7-15(8-6-14)19(26)24-21(29)25-22-23-17-10-9-16(11-18(17)30-22)20(27)28-13(3)4/h5-13H,1-4H3,(H2,23,24,25,26,29). The van der Waals surface area contributed by atoms with Crippen molar-refractivity contribution in [1.82, 2.24) is 10.3 Å². The molecule has 0 unspecified atom stereocenters. The van der Waals surface area contributed by atoms with Crippen LogP contribution in [0.25, 0.3) is 10.2 Å². The van der Waals surface area contributed by atoms with Crippen molar-refractivity contribution in [2.24, 2.45) is 0 Å². The fourth-order valence-corrected chi connectivity index (χ4v) is 3.87. The lowest BCUT2D eigenvalue weighted by Gasteiger charge is -2.09. The maximum Gasteiger partial charge on any atom is 0.338 e. The SMILES string of the molecule is CC(C)OC(=O)c1ccc2nc(NC(=S)NC(=O)c3ccc(C(C)C)cc3)sc2c1. The van der Waals surface area contributed by atoms with E-state index < -0.39 is 0 Å². The summed E-state index contributed by atoms with van der Waals surface area (Å²) < 4.78 is 6.04. The Balaban J connectivity index is 1.65. The van der Waals surface area contributed by atoms with Gasteiger partial charge in [-0.2, -0.15) is 0 Å². The van der Waals surface area contributed by atoms with E-state index in [0.29, 0.717) is 22.2 Å². The maximum atomic E-state index is 12.4. The van der Waals surface area contributed by atoms with Gasteiger partial charge in [0.1, 0.15) is 0 Å². The largest absolute Gasteiger partial charge is 0.459 e. The number of nitrogens with zero attached hydrogens (tertiary/aromatic N) is 1. The molecule has 3 rings (SSSR count). The highest BCUT2D eigenvalue weighted by Gasteiger charge is 2.14. The molecule has 0 saturated carbocycles. The van der Waals surface area contributed by atoms with E-state index in [4.69, 9.17) is 17.0 Å². The quantitative estimate of drug-likeness (QED) is 0.423. The molecule has 30 heavy (non-hydrogen) atoms. The van der Waals surface area contributed by atoms with Gasteiger partial charge >= 0.3 is 5.97 Å². The number of anilines is 1. The minimum atomic E-state index is -0.374. The van der Waals surface area contributed by atoms with Gasteiger partial charge in [-0.15, -0.1) is 0 Å². The van der Waals surface area contributed by atoms with Crippen molar-refractivity contribution < 1.29 is 14.3 Å². The van der Waals surface area contributed by atoms with Crippen LogP contribution in [0.15, 0.2) is 42.5 Å². The lowest BCUT2D eigenvalue weighted by Crippen LogP contribution is -2.34. The molecule has 6 nitrogen and oxygen atoms in total. The number of thiocarbonyl (C=S) groups is 1. The molecule has 0 spiro atoms. The minimum Gasteiger partial charge on any atom is -0.459 e. The Morgan fingerprint density at radius 2 is 1.70 bits per heavy atom. The average molecular weight is 442 g/mol. The topological polar surface area (TPSA) is 80.3 Å². The predicted octanol–water partition coefficient (Wildman–Crippen LogP) is 5.11. The van der Waals surface area contributed by atoms with E-state index in [-0.39, 0.29) is 23.1 Å². The van der Waals surface area contributed by atoms with Crippen molar-refractivity contribution in [3.05, 3.63) is 59.2 Å². The highest BCUT2D eigenvalue weighted by molar-refractivity contribution is 7.80. The number of carbonyl (C=O) groups excluding carboxylic acids is 2. The van der Waals surface area contributed by atoms with Gasteiger partial charge in [0.25, 0.3) is 5.91 Å². The molecule has 1 aromatic heterocycles. The van der Waals surface area contributed by atoms with E-state index in [1.807, 2.05) is 12.1 Å². The lowest BCUT2D eigenvalue weighted by atomic mass is 10.0. The van der Waals surface area contributed by atoms with E-state index in [1.165, 1.54) is 16.9 Å². The third-order valence-corrected chi connectivity index (χ3v) is 5.39. The number of amides is 1. The van der Waals surface area contributed by atoms with Crippen LogP contribution in [0.1, 0.15) is 59.9 Å². The second-order valence-corrected chi connectivity index (χ2v) is 8.78. The number of ether oxygens (including phenoxy) is 1. The summed E-state index contributed by atoms with van der Waals surface area (Å²) in [5, 5.41) is 6.28. The smallest absolute Gasteiger partial charge is 0.338 e. The summed E-state index contributed by atoms with van der Waals surface area (Å²) in [6, 6.07) is 12.6. The summed E-state index contributed by atoms with van der Waals surface area (Å²) in [6.07, 6.45) is -0.186. The van der Waals surface area contributed by atoms with Gasteiger partial charge in [-0.1, -0.05) is 37.3 Å². The highest BCUT2D eigenvalue weighted by atomic mass is 32.1. The van der Waals surface area contributed by atoms with E-state index >= 15 is 0 Å². The Hall–Kier alpha value is -2.84. The van der Waals surface area contributed by atoms with Crippen LogP contribution in [-0.4, -0.2) is 28.1 Å². The van der Waals surface area contributed by atoms with Crippen LogP contribution in [-0.2, 0) is 4.74 Å². The van der Waals surface area contributed by atoms with Gasteiger partial charge in [-0.3, -0.25) is 10.1 Å². The van der Waals surface area contributed by atoms with Gasteiger partial charge in [-0.25, -0.2) is 9.78 Å². The zero-order valence-electron chi connectivity index (χ0n) is 17.2. The normalized spacial score (nSPS) is 11.0. The second-order valence-electron chi connectivity index (χ2n) is 7.34. The summed E-state index contributed by atoms with van der Waals surface area (Å²) in [5.41, 5.74) is 2.88. The number of hydrogen-bond donors (Lipinski definition) is 2. The molecular formula is C22H23N3O3S2. The first-order valence-electron chi connectivity index (χ1n) is 9.57. The van der Waals surface area contributed by atoms with E-state index in [9.17, 15) is 9.59 Å². The van der Waals surface area contributed by atoms with E-state index in [1.54, 1.807) is 44.2 Å². The molecule has 1 heterocycles. The molecule has 2 N–H and O–H groups in total. The monoisotopic (exact) mass is 441 g/mol. The molecule has 0 aliphatic carbocycles. The first kappa shape index (κ1) is 21.9. The number of esters is 1. The summed E-state index contributed by atoms with van der Waals surface area (Å²) in [5.74, 6) is -0.264. The number of hydrogen-bond acceptors (Lipinski definition) is 6. The Labute approximate surface area is 184 Å². The van der Waals surface area contributed by atoms with Crippen LogP contribution in [0.3, 0.4) is 0 Å². The van der Waals surface area contributed by atoms with Gasteiger partial charge in [0.2, 0.25) is 0 Å². The fraction of sp³-hybridized carbons (Fsp3) is 0.273. The number of rotatable bonds is 5. The van der Waals surface area contributed by atoms with Crippen molar-refractivity contribution in [2.45, 2.75) is 39.7 Å². The fourth-order valence-electron chi connectivity index (χ4n) is 2.71. The Morgan fingerprint density at radius 1 is 1.03 bits per heavy atom. The van der Waals surface area contributed by atoms with Gasteiger partial charge < -0.3 is 10.1 Å². The molecular weight excluding hydrogens is 418 g/mol. The molecule has 2 aromatic carbocycles. The predicted molar refractivity (Wildman–Crippen MR) is 124 cm³/mol. The van der Waals surface area contributed by atoms with Gasteiger partial charge in [-0.05, 0) is 67.9 Å². The van der Waals surface area contributed by atoms with Crippen molar-refractivity contribution in [3.8, 4) is 0 Å². The molecule has 0 saturated heterocycles. The van der Waals surface area contributed by atoms with Crippen LogP contribution < -0.4 is 10.6 Å². The van der Waals surface area contributed by atoms with Gasteiger partial charge in [0.05, 0.1) is 21.9 Å². The Morgan fingerprint density at radius 3 is 2.33 bits per heavy atom. The molecule has 1 amide bonds. The van der Waals surface area contributed by atoms with Crippen LogP contribution in [0.2, 0.25) is 0 Å². The van der Waals surface area contributed by atoms with Crippen molar-refractivity contribution in [2.75, 3.05) is 5.32 Å². The average Bonchev–Trinajstić information content (AvgIpc) is 3.08. The molecule has 156 valence electrons. The minimum absolute atomic E-state index is 0.159. The van der Waals surface area contributed by atoms with Crippen LogP contribution in [0.4, 0.5) is 5.13 Å². The number of fused-ring (bicyclic) bond motifs is 1. The third kappa shape index (κ3) is 5.40. The summed E-state index contributed by atoms with van der Waals surface area (Å²) >= 11 is 6.58. The second kappa shape index (κ2) is 9.32. The molecule has 0 atom stereocenters. The number of nitrogens with one attached hydrogen (secondary N) is 2. The summed E-state index contributed by atoms with van der Waals surface area (Å²) in [6.45, 7) is 7.81. The number of carbonyl (C=O) groups is 2. The lowest BCUT2D eigenvalue weighted by molar-refractivity contribution is 0.0378. The first-order chi connectivity index (χ1) is 14.2. The van der Waals surface area contributed by atoms with Crippen LogP contribution in [0.5, 0.6) is 0 Å². The summed E-state index contributed by atoms with van der Waals surface area (Å²) in [4.78, 5) is 28.9. The molecule has 0 aliphatic heterocycles. The van der Waals surface area contributed by atoms with Crippen molar-refractivity contribution in [3.63, 3.8) is 0 Å². The molecule has 3 aromatic rings. The number of thiazole rings is 1. The van der Waals surface area contributed by atoms with E-state index in [0.717, 1.165) is 10.2 Å². The molecule has 0 aliphatic rings. The van der Waals surface area contributed by atoms with Gasteiger partial charge in [0, 0.05) is 5.56 Å². The van der Waals surface area contributed by atoms with Crippen molar-refractivity contribution >= 4 is 55.9 Å². The highest BCUT2D eigenvalue weighted by Crippen LogP contribution is 2.27. The molecule has 0 radical (unpaired) electrons. The molecule has 0 bridgehead atoms. The zero-order valence-corrected chi connectivity index (χ0v) is 18.8. The van der Waals surface area contributed by atoms with Crippen LogP contribution in [0, 0.1) is 0 Å². The zero-order chi connectivity index (χ0) is 21.8. The van der Waals surface area contributed by atoms with E-state index in [2.05, 4.69) is 29.5 Å². The summed E-state index contributed by atoms with van der Waals surface area (Å²) in [7, 11) is 0. The molecule has 0 fully saturated rings. The third-order valence-electron chi connectivity index (χ3n) is 4.25. The van der Waals surface area contributed by atoms with Gasteiger partial charge in [0.15, 0.2) is 10.2 Å². The number of benzene rings is 2. The Bertz CT molecular complexity index is 1090. The van der Waals surface area contributed by atoms with Crippen molar-refractivity contribution in [1.29, 1.82) is 0 Å². The Kier molecular flexibility index (Phi) is 6.79. The molecule has 8 heteroatoms. The van der Waals surface area contributed by atoms with Crippen LogP contribution >= 0.6 is 23.6 Å². The maximum absolute atomic E-state index is 12.4. The first-order valence-corrected chi connectivity index (χ1v) is 10.8. The number of aromatic nitrogens is 1.